The van der Waals surface area contributed by atoms with E-state index >= 15 is 0 Å². The van der Waals surface area contributed by atoms with Crippen LogP contribution in [0.25, 0.3) is 0 Å². The van der Waals surface area contributed by atoms with Gasteiger partial charge in [-0.25, -0.2) is 0 Å². The van der Waals surface area contributed by atoms with Gasteiger partial charge in [-0.1, -0.05) is 0 Å². The van der Waals surface area contributed by atoms with E-state index in [0.717, 1.165) is 0 Å². The van der Waals surface area contributed by atoms with E-state index in [9.17, 15) is 9.59 Å². The lowest BCUT2D eigenvalue weighted by molar-refractivity contribution is 0.0528. The molecule has 2 aliphatic rings. The summed E-state index contributed by atoms with van der Waals surface area (Å²) < 4.78 is 12.6. The Morgan fingerprint density at radius 3 is 2.30 bits per heavy atom. The van der Waals surface area contributed by atoms with E-state index in [-0.39, 0.29) is 24.6 Å². The highest BCUT2D eigenvalue weighted by Gasteiger charge is 2.27. The fraction of sp³-hybridized carbons (Fsp3) is 0.400. The van der Waals surface area contributed by atoms with Crippen molar-refractivity contribution in [2.45, 2.75) is 19.9 Å². The minimum absolute atomic E-state index is 0.0175. The Balaban J connectivity index is 1.40. The maximum Gasteiger partial charge on any atom is 0.270 e. The first-order valence-corrected chi connectivity index (χ1v) is 9.19. The second-order valence-electron chi connectivity index (χ2n) is 7.05. The van der Waals surface area contributed by atoms with Gasteiger partial charge in [0.15, 0.2) is 11.5 Å². The van der Waals surface area contributed by atoms with E-state index in [2.05, 4.69) is 13.8 Å². The van der Waals surface area contributed by atoms with Crippen LogP contribution < -0.4 is 9.47 Å². The molecule has 0 unspecified atom stereocenters. The Kier molecular flexibility index (Phi) is 4.51. The Labute approximate surface area is 158 Å². The standard InChI is InChI=1S/C20H23N3O4/c1-14(2)23-7-3-4-16(23)20(25)22-10-8-21(9-11-22)19(24)15-5-6-17-18(12-15)27-13-26-17/h3-7,12,14H,8-11,13H2,1-2H3. The third-order valence-electron chi connectivity index (χ3n) is 5.03. The van der Waals surface area contributed by atoms with Crippen LogP contribution in [0.1, 0.15) is 40.7 Å². The zero-order valence-corrected chi connectivity index (χ0v) is 15.6. The molecule has 1 aromatic heterocycles. The van der Waals surface area contributed by atoms with Crippen LogP contribution >= 0.6 is 0 Å². The van der Waals surface area contributed by atoms with Crippen molar-refractivity contribution >= 4 is 11.8 Å². The number of carbonyl (C=O) groups excluding carboxylic acids is 2. The SMILES string of the molecule is CC(C)n1cccc1C(=O)N1CCN(C(=O)c2ccc3c(c2)OCO3)CC1. The molecule has 27 heavy (non-hydrogen) atoms. The number of fused-ring (bicyclic) bond motifs is 1. The molecule has 0 N–H and O–H groups in total. The molecule has 7 nitrogen and oxygen atoms in total. The molecule has 0 bridgehead atoms. The van der Waals surface area contributed by atoms with Gasteiger partial charge in [0.2, 0.25) is 6.79 Å². The molecule has 4 rings (SSSR count). The summed E-state index contributed by atoms with van der Waals surface area (Å²) in [6.45, 7) is 6.38. The Morgan fingerprint density at radius 2 is 1.59 bits per heavy atom. The molecule has 2 aliphatic heterocycles. The van der Waals surface area contributed by atoms with E-state index in [0.29, 0.717) is 48.9 Å². The molecule has 1 aromatic carbocycles. The average Bonchev–Trinajstić information content (AvgIpc) is 3.35. The van der Waals surface area contributed by atoms with Gasteiger partial charge >= 0.3 is 0 Å². The summed E-state index contributed by atoms with van der Waals surface area (Å²) >= 11 is 0. The molecule has 1 fully saturated rings. The number of rotatable bonds is 3. The first kappa shape index (κ1) is 17.5. The van der Waals surface area contributed by atoms with Crippen molar-refractivity contribution in [3.05, 3.63) is 47.8 Å². The molecule has 3 heterocycles. The molecular formula is C20H23N3O4. The molecule has 0 radical (unpaired) electrons. The van der Waals surface area contributed by atoms with E-state index in [1.807, 2.05) is 27.8 Å². The normalized spacial score (nSPS) is 16.1. The van der Waals surface area contributed by atoms with Crippen LogP contribution in [-0.2, 0) is 0 Å². The fourth-order valence-electron chi connectivity index (χ4n) is 3.51. The van der Waals surface area contributed by atoms with Gasteiger partial charge < -0.3 is 23.8 Å². The van der Waals surface area contributed by atoms with Crippen molar-refractivity contribution in [3.8, 4) is 11.5 Å². The van der Waals surface area contributed by atoms with Gasteiger partial charge in [-0.15, -0.1) is 0 Å². The van der Waals surface area contributed by atoms with Crippen LogP contribution in [-0.4, -0.2) is 59.2 Å². The van der Waals surface area contributed by atoms with Gasteiger partial charge in [0.25, 0.3) is 11.8 Å². The summed E-state index contributed by atoms with van der Waals surface area (Å²) in [4.78, 5) is 29.2. The quantitative estimate of drug-likeness (QED) is 0.833. The van der Waals surface area contributed by atoms with Crippen molar-refractivity contribution in [1.82, 2.24) is 14.4 Å². The number of aromatic nitrogens is 1. The smallest absolute Gasteiger partial charge is 0.270 e. The predicted molar refractivity (Wildman–Crippen MR) is 99.2 cm³/mol. The highest BCUT2D eigenvalue weighted by molar-refractivity contribution is 5.96. The van der Waals surface area contributed by atoms with Crippen molar-refractivity contribution in [3.63, 3.8) is 0 Å². The number of hydrogen-bond acceptors (Lipinski definition) is 4. The zero-order valence-electron chi connectivity index (χ0n) is 15.6. The van der Waals surface area contributed by atoms with Crippen LogP contribution in [0.3, 0.4) is 0 Å². The minimum Gasteiger partial charge on any atom is -0.454 e. The Hall–Kier alpha value is -2.96. The molecule has 0 spiro atoms. The topological polar surface area (TPSA) is 64.0 Å². The number of nitrogens with zero attached hydrogens (tertiary/aromatic N) is 3. The van der Waals surface area contributed by atoms with Gasteiger partial charge in [-0.3, -0.25) is 9.59 Å². The van der Waals surface area contributed by atoms with Crippen LogP contribution in [0.15, 0.2) is 36.5 Å². The fourth-order valence-corrected chi connectivity index (χ4v) is 3.51. The molecule has 0 saturated carbocycles. The third kappa shape index (κ3) is 3.25. The summed E-state index contributed by atoms with van der Waals surface area (Å²) in [7, 11) is 0. The number of ether oxygens (including phenoxy) is 2. The van der Waals surface area contributed by atoms with Crippen LogP contribution in [0, 0.1) is 0 Å². The molecule has 142 valence electrons. The zero-order chi connectivity index (χ0) is 19.0. The number of amides is 2. The number of carbonyl (C=O) groups is 2. The second-order valence-corrected chi connectivity index (χ2v) is 7.05. The highest BCUT2D eigenvalue weighted by Crippen LogP contribution is 2.32. The summed E-state index contributed by atoms with van der Waals surface area (Å²) in [6, 6.07) is 9.21. The summed E-state index contributed by atoms with van der Waals surface area (Å²) in [5.74, 6) is 1.23. The Morgan fingerprint density at radius 1 is 0.926 bits per heavy atom. The van der Waals surface area contributed by atoms with E-state index in [1.165, 1.54) is 0 Å². The van der Waals surface area contributed by atoms with Gasteiger partial charge in [0.05, 0.1) is 0 Å². The van der Waals surface area contributed by atoms with Crippen LogP contribution in [0.5, 0.6) is 11.5 Å². The lowest BCUT2D eigenvalue weighted by atomic mass is 10.1. The van der Waals surface area contributed by atoms with Gasteiger partial charge in [-0.2, -0.15) is 0 Å². The minimum atomic E-state index is -0.0500. The summed E-state index contributed by atoms with van der Waals surface area (Å²) in [5.41, 5.74) is 1.27. The van der Waals surface area contributed by atoms with Gasteiger partial charge in [0, 0.05) is 44.0 Å². The first-order valence-electron chi connectivity index (χ1n) is 9.19. The van der Waals surface area contributed by atoms with Gasteiger partial charge in [0.1, 0.15) is 5.69 Å². The lowest BCUT2D eigenvalue weighted by Crippen LogP contribution is -2.50. The highest BCUT2D eigenvalue weighted by atomic mass is 16.7. The molecule has 7 heteroatoms. The maximum atomic E-state index is 12.8. The van der Waals surface area contributed by atoms with Crippen molar-refractivity contribution in [2.24, 2.45) is 0 Å². The largest absolute Gasteiger partial charge is 0.454 e. The predicted octanol–water partition coefficient (Wildman–Crippen LogP) is 2.40. The van der Waals surface area contributed by atoms with E-state index < -0.39 is 0 Å². The van der Waals surface area contributed by atoms with E-state index in [4.69, 9.17) is 9.47 Å². The number of piperazine rings is 1. The second kappa shape index (κ2) is 6.98. The van der Waals surface area contributed by atoms with Crippen LogP contribution in [0.4, 0.5) is 0 Å². The Bertz CT molecular complexity index is 866. The molecule has 1 saturated heterocycles. The number of benzene rings is 1. The first-order chi connectivity index (χ1) is 13.0. The summed E-state index contributed by atoms with van der Waals surface area (Å²) in [6.07, 6.45) is 1.93. The molecule has 2 amide bonds. The molecular weight excluding hydrogens is 346 g/mol. The molecule has 0 aliphatic carbocycles. The monoisotopic (exact) mass is 369 g/mol. The summed E-state index contributed by atoms with van der Waals surface area (Å²) in [5, 5.41) is 0. The van der Waals surface area contributed by atoms with Crippen molar-refractivity contribution < 1.29 is 19.1 Å². The van der Waals surface area contributed by atoms with Crippen molar-refractivity contribution in [1.29, 1.82) is 0 Å². The van der Waals surface area contributed by atoms with E-state index in [1.54, 1.807) is 23.1 Å². The average molecular weight is 369 g/mol. The molecule has 2 aromatic rings. The van der Waals surface area contributed by atoms with Gasteiger partial charge in [-0.05, 0) is 44.2 Å². The molecule has 0 atom stereocenters. The van der Waals surface area contributed by atoms with Crippen LogP contribution in [0.2, 0.25) is 0 Å². The van der Waals surface area contributed by atoms with Crippen molar-refractivity contribution in [2.75, 3.05) is 33.0 Å². The third-order valence-corrected chi connectivity index (χ3v) is 5.03. The maximum absolute atomic E-state index is 12.8. The lowest BCUT2D eigenvalue weighted by Gasteiger charge is -2.35. The number of hydrogen-bond donors (Lipinski definition) is 0.